The van der Waals surface area contributed by atoms with Gasteiger partial charge in [0.1, 0.15) is 11.8 Å². The summed E-state index contributed by atoms with van der Waals surface area (Å²) in [6, 6.07) is 17.5. The molecule has 30 heavy (non-hydrogen) atoms. The largest absolute Gasteiger partial charge is 0.467 e. The zero-order valence-electron chi connectivity index (χ0n) is 16.6. The van der Waals surface area contributed by atoms with Crippen LogP contribution < -0.4 is 4.72 Å². The van der Waals surface area contributed by atoms with Gasteiger partial charge in [0.15, 0.2) is 0 Å². The second kappa shape index (κ2) is 7.79. The summed E-state index contributed by atoms with van der Waals surface area (Å²) in [6.45, 7) is 1.96. The van der Waals surface area contributed by atoms with Gasteiger partial charge in [0, 0.05) is 17.7 Å². The van der Waals surface area contributed by atoms with Crippen LogP contribution in [0.3, 0.4) is 0 Å². The number of aryl methyl sites for hydroxylation is 1. The van der Waals surface area contributed by atoms with E-state index in [1.54, 1.807) is 42.7 Å². The van der Waals surface area contributed by atoms with Gasteiger partial charge in [-0.05, 0) is 48.9 Å². The Morgan fingerprint density at radius 1 is 1.13 bits per heavy atom. The van der Waals surface area contributed by atoms with Gasteiger partial charge in [-0.1, -0.05) is 29.8 Å². The molecule has 4 rings (SSSR count). The maximum Gasteiger partial charge on any atom is 0.274 e. The average Bonchev–Trinajstić information content (AvgIpc) is 3.37. The van der Waals surface area contributed by atoms with Gasteiger partial charge in [0.2, 0.25) is 10.0 Å². The Morgan fingerprint density at radius 2 is 1.90 bits per heavy atom. The number of furan rings is 1. The molecule has 0 unspecified atom stereocenters. The number of nitrogens with zero attached hydrogens (tertiary/aromatic N) is 2. The van der Waals surface area contributed by atoms with Crippen LogP contribution in [0, 0.1) is 6.92 Å². The molecule has 1 N–H and O–H groups in total. The molecule has 2 aromatic carbocycles. The molecule has 1 aliphatic heterocycles. The third-order valence-corrected chi connectivity index (χ3v) is 5.39. The van der Waals surface area contributed by atoms with Gasteiger partial charge in [-0.2, -0.15) is 5.10 Å². The fourth-order valence-corrected chi connectivity index (χ4v) is 3.93. The topological polar surface area (TPSA) is 92.0 Å². The summed E-state index contributed by atoms with van der Waals surface area (Å²) in [5.74, 6) is 0.413. The first-order valence-electron chi connectivity index (χ1n) is 9.39. The summed E-state index contributed by atoms with van der Waals surface area (Å²) >= 11 is 0. The van der Waals surface area contributed by atoms with Crippen LogP contribution in [-0.2, 0) is 10.0 Å². The first-order chi connectivity index (χ1) is 14.3. The molecule has 1 amide bonds. The van der Waals surface area contributed by atoms with Gasteiger partial charge in [-0.3, -0.25) is 9.52 Å². The van der Waals surface area contributed by atoms with Crippen molar-refractivity contribution in [3.05, 3.63) is 89.4 Å². The molecule has 1 atom stereocenters. The molecule has 0 fully saturated rings. The molecule has 0 saturated carbocycles. The van der Waals surface area contributed by atoms with Gasteiger partial charge < -0.3 is 4.42 Å². The van der Waals surface area contributed by atoms with Crippen molar-refractivity contribution in [2.75, 3.05) is 11.0 Å². The normalized spacial score (nSPS) is 16.4. The first kappa shape index (κ1) is 19.9. The van der Waals surface area contributed by atoms with E-state index < -0.39 is 10.0 Å². The molecule has 8 heteroatoms. The second-order valence-corrected chi connectivity index (χ2v) is 9.00. The van der Waals surface area contributed by atoms with E-state index in [-0.39, 0.29) is 11.9 Å². The number of hydrogen-bond donors (Lipinski definition) is 1. The van der Waals surface area contributed by atoms with Crippen LogP contribution >= 0.6 is 0 Å². The molecule has 154 valence electrons. The fourth-order valence-electron chi connectivity index (χ4n) is 3.38. The van der Waals surface area contributed by atoms with E-state index in [0.29, 0.717) is 29.1 Å². The standard InChI is InChI=1S/C22H21N3O4S/c1-15-8-10-16(11-9-15)22(26)25-20(21-7-4-12-29-21)14-19(23-25)17-5-3-6-18(13-17)24-30(2,27)28/h3-13,20,24H,14H2,1-2H3/t20-/m1/s1. The Balaban J connectivity index is 1.69. The number of carbonyl (C=O) groups is 1. The molecule has 2 heterocycles. The van der Waals surface area contributed by atoms with Gasteiger partial charge in [-0.15, -0.1) is 0 Å². The first-order valence-corrected chi connectivity index (χ1v) is 11.3. The minimum atomic E-state index is -3.40. The number of anilines is 1. The lowest BCUT2D eigenvalue weighted by atomic mass is 10.0. The van der Waals surface area contributed by atoms with Crippen molar-refractivity contribution in [1.29, 1.82) is 0 Å². The van der Waals surface area contributed by atoms with E-state index >= 15 is 0 Å². The van der Waals surface area contributed by atoms with Crippen molar-refractivity contribution in [2.24, 2.45) is 5.10 Å². The highest BCUT2D eigenvalue weighted by molar-refractivity contribution is 7.92. The minimum Gasteiger partial charge on any atom is -0.467 e. The Labute approximate surface area is 175 Å². The van der Waals surface area contributed by atoms with Gasteiger partial charge in [-0.25, -0.2) is 13.4 Å². The fraction of sp³-hybridized carbons (Fsp3) is 0.182. The van der Waals surface area contributed by atoms with Crippen molar-refractivity contribution in [3.63, 3.8) is 0 Å². The molecule has 1 aliphatic rings. The summed E-state index contributed by atoms with van der Waals surface area (Å²) < 4.78 is 31.1. The second-order valence-electron chi connectivity index (χ2n) is 7.25. The number of benzene rings is 2. The average molecular weight is 423 g/mol. The molecule has 0 bridgehead atoms. The summed E-state index contributed by atoms with van der Waals surface area (Å²) in [7, 11) is -3.40. The number of sulfonamides is 1. The van der Waals surface area contributed by atoms with E-state index in [9.17, 15) is 13.2 Å². The maximum atomic E-state index is 13.2. The molecule has 7 nitrogen and oxygen atoms in total. The van der Waals surface area contributed by atoms with Crippen LogP contribution in [-0.4, -0.2) is 31.3 Å². The van der Waals surface area contributed by atoms with E-state index in [1.807, 2.05) is 31.2 Å². The monoisotopic (exact) mass is 423 g/mol. The lowest BCUT2D eigenvalue weighted by Crippen LogP contribution is -2.26. The Hall–Kier alpha value is -3.39. The molecule has 3 aromatic rings. The number of carbonyl (C=O) groups excluding carboxylic acids is 1. The van der Waals surface area contributed by atoms with Gasteiger partial charge in [0.05, 0.1) is 18.2 Å². The minimum absolute atomic E-state index is 0.225. The highest BCUT2D eigenvalue weighted by atomic mass is 32.2. The van der Waals surface area contributed by atoms with Gasteiger partial charge in [0.25, 0.3) is 5.91 Å². The maximum absolute atomic E-state index is 13.2. The predicted molar refractivity (Wildman–Crippen MR) is 115 cm³/mol. The quantitative estimate of drug-likeness (QED) is 0.673. The highest BCUT2D eigenvalue weighted by Gasteiger charge is 2.35. The van der Waals surface area contributed by atoms with Crippen LogP contribution in [0.1, 0.15) is 39.7 Å². The number of amides is 1. The van der Waals surface area contributed by atoms with E-state index in [4.69, 9.17) is 4.42 Å². The summed E-state index contributed by atoms with van der Waals surface area (Å²) in [6.07, 6.45) is 3.12. The Kier molecular flexibility index (Phi) is 5.17. The Bertz CT molecular complexity index is 1200. The van der Waals surface area contributed by atoms with Crippen LogP contribution in [0.5, 0.6) is 0 Å². The number of nitrogens with one attached hydrogen (secondary N) is 1. The third kappa shape index (κ3) is 4.28. The molecule has 0 spiro atoms. The SMILES string of the molecule is Cc1ccc(C(=O)N2N=C(c3cccc(NS(C)(=O)=O)c3)C[C@@H]2c2ccco2)cc1. The van der Waals surface area contributed by atoms with E-state index in [1.165, 1.54) is 5.01 Å². The predicted octanol–water partition coefficient (Wildman–Crippen LogP) is 3.95. The molecule has 1 aromatic heterocycles. The van der Waals surface area contributed by atoms with E-state index in [0.717, 1.165) is 17.4 Å². The lowest BCUT2D eigenvalue weighted by molar-refractivity contribution is 0.0693. The lowest BCUT2D eigenvalue weighted by Gasteiger charge is -2.20. The summed E-state index contributed by atoms with van der Waals surface area (Å²) in [5.41, 5.74) is 3.45. The number of rotatable bonds is 5. The van der Waals surface area contributed by atoms with E-state index in [2.05, 4.69) is 9.82 Å². The smallest absolute Gasteiger partial charge is 0.274 e. The molecule has 0 radical (unpaired) electrons. The third-order valence-electron chi connectivity index (χ3n) is 4.79. The highest BCUT2D eigenvalue weighted by Crippen LogP contribution is 2.34. The van der Waals surface area contributed by atoms with Crippen LogP contribution in [0.2, 0.25) is 0 Å². The van der Waals surface area contributed by atoms with Crippen LogP contribution in [0.15, 0.2) is 76.4 Å². The Morgan fingerprint density at radius 3 is 2.57 bits per heavy atom. The molecular weight excluding hydrogens is 402 g/mol. The number of hydrogen-bond acceptors (Lipinski definition) is 5. The molecule has 0 saturated heterocycles. The van der Waals surface area contributed by atoms with Crippen molar-refractivity contribution in [2.45, 2.75) is 19.4 Å². The van der Waals surface area contributed by atoms with Crippen molar-refractivity contribution in [3.8, 4) is 0 Å². The summed E-state index contributed by atoms with van der Waals surface area (Å²) in [4.78, 5) is 13.2. The van der Waals surface area contributed by atoms with Crippen LogP contribution in [0.25, 0.3) is 0 Å². The zero-order chi connectivity index (χ0) is 21.3. The number of hydrazone groups is 1. The zero-order valence-corrected chi connectivity index (χ0v) is 17.4. The van der Waals surface area contributed by atoms with Crippen molar-refractivity contribution in [1.82, 2.24) is 5.01 Å². The molecule has 0 aliphatic carbocycles. The summed E-state index contributed by atoms with van der Waals surface area (Å²) in [5, 5.41) is 6.04. The van der Waals surface area contributed by atoms with Crippen LogP contribution in [0.4, 0.5) is 5.69 Å². The van der Waals surface area contributed by atoms with Crippen molar-refractivity contribution < 1.29 is 17.6 Å². The van der Waals surface area contributed by atoms with Gasteiger partial charge >= 0.3 is 0 Å². The van der Waals surface area contributed by atoms with Crippen molar-refractivity contribution >= 4 is 27.3 Å². The molecular formula is C22H21N3O4S.